The summed E-state index contributed by atoms with van der Waals surface area (Å²) in [4.78, 5) is 22.6. The first-order chi connectivity index (χ1) is 12.2. The highest BCUT2D eigenvalue weighted by molar-refractivity contribution is 6.04. The first-order valence-corrected chi connectivity index (χ1v) is 8.94. The monoisotopic (exact) mass is 337 g/mol. The number of piperidine rings is 1. The number of nitrogens with one attached hydrogen (secondary N) is 2. The van der Waals surface area contributed by atoms with Gasteiger partial charge in [0.25, 0.3) is 5.91 Å². The summed E-state index contributed by atoms with van der Waals surface area (Å²) in [6, 6.07) is 5.75. The SMILES string of the molecule is CCc1cn[nH]c1C1CCN(C(=O)c2cccc3[nH]c(C)nc23)CC1. The van der Waals surface area contributed by atoms with Crippen molar-refractivity contribution in [2.75, 3.05) is 13.1 Å². The van der Waals surface area contributed by atoms with E-state index >= 15 is 0 Å². The van der Waals surface area contributed by atoms with Crippen LogP contribution in [0.15, 0.2) is 24.4 Å². The minimum Gasteiger partial charge on any atom is -0.342 e. The van der Waals surface area contributed by atoms with Crippen molar-refractivity contribution >= 4 is 16.9 Å². The highest BCUT2D eigenvalue weighted by Crippen LogP contribution is 2.30. The van der Waals surface area contributed by atoms with Gasteiger partial charge in [-0.25, -0.2) is 4.98 Å². The van der Waals surface area contributed by atoms with E-state index in [2.05, 4.69) is 27.1 Å². The summed E-state index contributed by atoms with van der Waals surface area (Å²) in [7, 11) is 0. The predicted molar refractivity (Wildman–Crippen MR) is 96.7 cm³/mol. The molecule has 1 aliphatic rings. The molecule has 1 aliphatic heterocycles. The Labute approximate surface area is 146 Å². The quantitative estimate of drug-likeness (QED) is 0.770. The van der Waals surface area contributed by atoms with E-state index in [-0.39, 0.29) is 5.91 Å². The smallest absolute Gasteiger partial charge is 0.256 e. The Kier molecular flexibility index (Phi) is 4.03. The molecule has 0 aliphatic carbocycles. The molecule has 130 valence electrons. The lowest BCUT2D eigenvalue weighted by Crippen LogP contribution is -2.38. The highest BCUT2D eigenvalue weighted by atomic mass is 16.2. The van der Waals surface area contributed by atoms with Gasteiger partial charge in [-0.15, -0.1) is 0 Å². The van der Waals surface area contributed by atoms with Gasteiger partial charge >= 0.3 is 0 Å². The lowest BCUT2D eigenvalue weighted by molar-refractivity contribution is 0.0714. The fourth-order valence-corrected chi connectivity index (χ4v) is 3.83. The molecular formula is C19H23N5O. The summed E-state index contributed by atoms with van der Waals surface area (Å²) in [6.07, 6.45) is 4.85. The highest BCUT2D eigenvalue weighted by Gasteiger charge is 2.27. The maximum absolute atomic E-state index is 13.0. The van der Waals surface area contributed by atoms with E-state index < -0.39 is 0 Å². The van der Waals surface area contributed by atoms with Crippen molar-refractivity contribution < 1.29 is 4.79 Å². The minimum atomic E-state index is 0.0795. The molecule has 0 radical (unpaired) electrons. The van der Waals surface area contributed by atoms with E-state index in [1.165, 1.54) is 11.3 Å². The Hall–Kier alpha value is -2.63. The van der Waals surface area contributed by atoms with Crippen LogP contribution in [0.1, 0.15) is 53.1 Å². The van der Waals surface area contributed by atoms with Crippen molar-refractivity contribution in [3.63, 3.8) is 0 Å². The topological polar surface area (TPSA) is 77.7 Å². The van der Waals surface area contributed by atoms with Crippen LogP contribution in [0.2, 0.25) is 0 Å². The summed E-state index contributed by atoms with van der Waals surface area (Å²) < 4.78 is 0. The summed E-state index contributed by atoms with van der Waals surface area (Å²) >= 11 is 0. The summed E-state index contributed by atoms with van der Waals surface area (Å²) in [5.74, 6) is 1.38. The third kappa shape index (κ3) is 2.81. The van der Waals surface area contributed by atoms with Crippen molar-refractivity contribution in [3.05, 3.63) is 47.0 Å². The molecular weight excluding hydrogens is 314 g/mol. The van der Waals surface area contributed by atoms with Crippen LogP contribution in [0.3, 0.4) is 0 Å². The molecule has 0 atom stereocenters. The molecule has 2 N–H and O–H groups in total. The van der Waals surface area contributed by atoms with Gasteiger partial charge in [0.1, 0.15) is 11.3 Å². The number of fused-ring (bicyclic) bond motifs is 1. The summed E-state index contributed by atoms with van der Waals surface area (Å²) in [5.41, 5.74) is 4.93. The number of likely N-dealkylation sites (tertiary alicyclic amines) is 1. The van der Waals surface area contributed by atoms with Crippen LogP contribution in [0.4, 0.5) is 0 Å². The van der Waals surface area contributed by atoms with Crippen molar-refractivity contribution in [2.45, 2.75) is 39.0 Å². The lowest BCUT2D eigenvalue weighted by atomic mass is 9.90. The van der Waals surface area contributed by atoms with Crippen molar-refractivity contribution in [3.8, 4) is 0 Å². The van der Waals surface area contributed by atoms with Crippen LogP contribution in [0.25, 0.3) is 11.0 Å². The molecule has 3 heterocycles. The van der Waals surface area contributed by atoms with E-state index in [0.29, 0.717) is 11.5 Å². The van der Waals surface area contributed by atoms with Gasteiger partial charge in [0, 0.05) is 24.7 Å². The second kappa shape index (κ2) is 6.35. The molecule has 2 aromatic heterocycles. The Morgan fingerprint density at radius 1 is 1.32 bits per heavy atom. The van der Waals surface area contributed by atoms with E-state index in [1.807, 2.05) is 36.2 Å². The van der Waals surface area contributed by atoms with Gasteiger partial charge < -0.3 is 9.88 Å². The van der Waals surface area contributed by atoms with Gasteiger partial charge in [-0.3, -0.25) is 9.89 Å². The Bertz CT molecular complexity index is 902. The van der Waals surface area contributed by atoms with Gasteiger partial charge in [0.15, 0.2) is 0 Å². The number of aryl methyl sites for hydroxylation is 2. The third-order valence-corrected chi connectivity index (χ3v) is 5.18. The molecule has 6 nitrogen and oxygen atoms in total. The lowest BCUT2D eigenvalue weighted by Gasteiger charge is -2.32. The van der Waals surface area contributed by atoms with Crippen LogP contribution < -0.4 is 0 Å². The zero-order valence-electron chi connectivity index (χ0n) is 14.7. The Morgan fingerprint density at radius 2 is 2.12 bits per heavy atom. The fourth-order valence-electron chi connectivity index (χ4n) is 3.83. The number of rotatable bonds is 3. The number of hydrogen-bond acceptors (Lipinski definition) is 3. The number of aromatic nitrogens is 4. The van der Waals surface area contributed by atoms with Crippen molar-refractivity contribution in [1.82, 2.24) is 25.1 Å². The summed E-state index contributed by atoms with van der Waals surface area (Å²) in [6.45, 7) is 5.60. The number of carbonyl (C=O) groups excluding carboxylic acids is 1. The maximum Gasteiger partial charge on any atom is 0.256 e. The van der Waals surface area contributed by atoms with Crippen molar-refractivity contribution in [1.29, 1.82) is 0 Å². The average molecular weight is 337 g/mol. The molecule has 25 heavy (non-hydrogen) atoms. The van der Waals surface area contributed by atoms with E-state index in [0.717, 1.165) is 49.2 Å². The minimum absolute atomic E-state index is 0.0795. The van der Waals surface area contributed by atoms with Crippen molar-refractivity contribution in [2.24, 2.45) is 0 Å². The first-order valence-electron chi connectivity index (χ1n) is 8.94. The van der Waals surface area contributed by atoms with Gasteiger partial charge in [-0.2, -0.15) is 5.10 Å². The van der Waals surface area contributed by atoms with Gasteiger partial charge in [0.2, 0.25) is 0 Å². The predicted octanol–water partition coefficient (Wildman–Crippen LogP) is 3.18. The Morgan fingerprint density at radius 3 is 2.88 bits per heavy atom. The fraction of sp³-hybridized carbons (Fsp3) is 0.421. The number of nitrogens with zero attached hydrogens (tertiary/aromatic N) is 3. The van der Waals surface area contributed by atoms with Crippen LogP contribution in [-0.2, 0) is 6.42 Å². The molecule has 1 saturated heterocycles. The largest absolute Gasteiger partial charge is 0.342 e. The normalized spacial score (nSPS) is 15.8. The van der Waals surface area contributed by atoms with E-state index in [4.69, 9.17) is 0 Å². The van der Waals surface area contributed by atoms with Gasteiger partial charge in [0.05, 0.1) is 17.3 Å². The zero-order chi connectivity index (χ0) is 17.4. The number of H-pyrrole nitrogens is 2. The summed E-state index contributed by atoms with van der Waals surface area (Å²) in [5, 5.41) is 7.35. The molecule has 0 bridgehead atoms. The molecule has 3 aromatic rings. The molecule has 1 amide bonds. The molecule has 0 spiro atoms. The second-order valence-electron chi connectivity index (χ2n) is 6.75. The standard InChI is InChI=1S/C19H23N5O/c1-3-13-11-20-23-17(13)14-7-9-24(10-8-14)19(25)15-5-4-6-16-18(15)22-12(2)21-16/h4-6,11,14H,3,7-10H2,1-2H3,(H,20,23)(H,21,22). The molecule has 1 aromatic carbocycles. The number of para-hydroxylation sites is 1. The third-order valence-electron chi connectivity index (χ3n) is 5.18. The molecule has 0 saturated carbocycles. The van der Waals surface area contributed by atoms with Crippen LogP contribution in [-0.4, -0.2) is 44.1 Å². The molecule has 4 rings (SSSR count). The number of imidazole rings is 1. The van der Waals surface area contributed by atoms with E-state index in [1.54, 1.807) is 0 Å². The van der Waals surface area contributed by atoms with Crippen LogP contribution in [0, 0.1) is 6.92 Å². The number of benzene rings is 1. The number of amides is 1. The van der Waals surface area contributed by atoms with Crippen LogP contribution in [0.5, 0.6) is 0 Å². The number of carbonyl (C=O) groups is 1. The molecule has 0 unspecified atom stereocenters. The number of aromatic amines is 2. The first kappa shape index (κ1) is 15.9. The molecule has 6 heteroatoms. The van der Waals surface area contributed by atoms with Crippen LogP contribution >= 0.6 is 0 Å². The number of hydrogen-bond donors (Lipinski definition) is 2. The zero-order valence-corrected chi connectivity index (χ0v) is 14.7. The van der Waals surface area contributed by atoms with Gasteiger partial charge in [-0.1, -0.05) is 13.0 Å². The maximum atomic E-state index is 13.0. The van der Waals surface area contributed by atoms with Gasteiger partial charge in [-0.05, 0) is 43.9 Å². The Balaban J connectivity index is 1.51. The van der Waals surface area contributed by atoms with E-state index in [9.17, 15) is 4.79 Å². The molecule has 1 fully saturated rings. The average Bonchev–Trinajstić information content (AvgIpc) is 3.26. The second-order valence-corrected chi connectivity index (χ2v) is 6.75.